The van der Waals surface area contributed by atoms with Crippen molar-refractivity contribution >= 4 is 17.2 Å². The highest BCUT2D eigenvalue weighted by molar-refractivity contribution is 7.10. The first-order chi connectivity index (χ1) is 10.6. The van der Waals surface area contributed by atoms with Crippen molar-refractivity contribution in [2.75, 3.05) is 0 Å². The van der Waals surface area contributed by atoms with Gasteiger partial charge in [-0.1, -0.05) is 13.0 Å². The predicted octanol–water partition coefficient (Wildman–Crippen LogP) is 2.85. The van der Waals surface area contributed by atoms with E-state index in [1.165, 1.54) is 0 Å². The van der Waals surface area contributed by atoms with Gasteiger partial charge in [-0.2, -0.15) is 0 Å². The van der Waals surface area contributed by atoms with E-state index in [1.54, 1.807) is 18.3 Å². The SMILES string of the molecule is CCc1nc(C)c(C(=O)N[C@@H](c2cccs2)C2CC(O)C2)o1. The van der Waals surface area contributed by atoms with Crippen LogP contribution in [0.5, 0.6) is 0 Å². The Morgan fingerprint density at radius 2 is 2.36 bits per heavy atom. The molecule has 1 amide bonds. The summed E-state index contributed by atoms with van der Waals surface area (Å²) in [5.41, 5.74) is 0.618. The fourth-order valence-corrected chi connectivity index (χ4v) is 3.68. The van der Waals surface area contributed by atoms with E-state index >= 15 is 0 Å². The molecule has 2 aromatic rings. The normalized spacial score (nSPS) is 22.1. The molecule has 0 unspecified atom stereocenters. The molecule has 118 valence electrons. The molecule has 0 aliphatic heterocycles. The minimum atomic E-state index is -0.247. The average Bonchev–Trinajstić information content (AvgIpc) is 3.10. The van der Waals surface area contributed by atoms with E-state index in [0.29, 0.717) is 23.8 Å². The van der Waals surface area contributed by atoms with Crippen LogP contribution in [0.2, 0.25) is 0 Å². The molecule has 0 radical (unpaired) electrons. The van der Waals surface area contributed by atoms with Gasteiger partial charge in [0.05, 0.1) is 17.8 Å². The lowest BCUT2D eigenvalue weighted by Gasteiger charge is -2.37. The molecule has 1 aliphatic carbocycles. The van der Waals surface area contributed by atoms with E-state index < -0.39 is 0 Å². The summed E-state index contributed by atoms with van der Waals surface area (Å²) in [6, 6.07) is 3.92. The third-order valence-electron chi connectivity index (χ3n) is 4.11. The smallest absolute Gasteiger partial charge is 0.289 e. The molecule has 1 aliphatic rings. The molecular weight excluding hydrogens is 300 g/mol. The fourth-order valence-electron chi connectivity index (χ4n) is 2.81. The molecule has 1 fully saturated rings. The summed E-state index contributed by atoms with van der Waals surface area (Å²) in [5, 5.41) is 14.6. The largest absolute Gasteiger partial charge is 0.435 e. The van der Waals surface area contributed by atoms with Gasteiger partial charge >= 0.3 is 0 Å². The highest BCUT2D eigenvalue weighted by atomic mass is 32.1. The van der Waals surface area contributed by atoms with E-state index in [1.807, 2.05) is 24.4 Å². The molecule has 5 nitrogen and oxygen atoms in total. The lowest BCUT2D eigenvalue weighted by Crippen LogP contribution is -2.41. The van der Waals surface area contributed by atoms with Crippen LogP contribution >= 0.6 is 11.3 Å². The minimum absolute atomic E-state index is 0.0783. The molecule has 0 spiro atoms. The van der Waals surface area contributed by atoms with Crippen molar-refractivity contribution < 1.29 is 14.3 Å². The summed E-state index contributed by atoms with van der Waals surface area (Å²) < 4.78 is 5.53. The minimum Gasteiger partial charge on any atom is -0.435 e. The number of carbonyl (C=O) groups is 1. The average molecular weight is 320 g/mol. The molecule has 3 rings (SSSR count). The van der Waals surface area contributed by atoms with Crippen molar-refractivity contribution in [1.82, 2.24) is 10.3 Å². The molecule has 1 atom stereocenters. The molecule has 0 aromatic carbocycles. The van der Waals surface area contributed by atoms with Crippen LogP contribution in [-0.2, 0) is 6.42 Å². The van der Waals surface area contributed by atoms with Gasteiger partial charge < -0.3 is 14.8 Å². The van der Waals surface area contributed by atoms with Crippen molar-refractivity contribution in [2.45, 2.75) is 45.3 Å². The third kappa shape index (κ3) is 2.94. The Bertz CT molecular complexity index is 644. The number of thiophene rings is 1. The number of aliphatic hydroxyl groups excluding tert-OH is 1. The molecule has 2 aromatic heterocycles. The van der Waals surface area contributed by atoms with Gasteiger partial charge in [-0.3, -0.25) is 4.79 Å². The van der Waals surface area contributed by atoms with Crippen molar-refractivity contribution in [1.29, 1.82) is 0 Å². The zero-order valence-corrected chi connectivity index (χ0v) is 13.5. The Kier molecular flexibility index (Phi) is 4.31. The van der Waals surface area contributed by atoms with Gasteiger partial charge in [0.1, 0.15) is 0 Å². The maximum Gasteiger partial charge on any atom is 0.289 e. The highest BCUT2D eigenvalue weighted by Gasteiger charge is 2.36. The Morgan fingerprint density at radius 3 is 2.91 bits per heavy atom. The molecule has 2 N–H and O–H groups in total. The van der Waals surface area contributed by atoms with Crippen LogP contribution in [0.25, 0.3) is 0 Å². The number of hydrogen-bond acceptors (Lipinski definition) is 5. The second-order valence-electron chi connectivity index (χ2n) is 5.73. The van der Waals surface area contributed by atoms with E-state index in [2.05, 4.69) is 10.3 Å². The maximum absolute atomic E-state index is 12.5. The molecular formula is C16H20N2O3S. The first-order valence-electron chi connectivity index (χ1n) is 7.57. The first-order valence-corrected chi connectivity index (χ1v) is 8.45. The van der Waals surface area contributed by atoms with Crippen molar-refractivity contribution in [3.05, 3.63) is 39.7 Å². The number of rotatable bonds is 5. The van der Waals surface area contributed by atoms with Crippen LogP contribution in [0.15, 0.2) is 21.9 Å². The van der Waals surface area contributed by atoms with E-state index in [9.17, 15) is 9.90 Å². The number of carbonyl (C=O) groups excluding carboxylic acids is 1. The van der Waals surface area contributed by atoms with Crippen molar-refractivity contribution in [3.63, 3.8) is 0 Å². The van der Waals surface area contributed by atoms with Crippen LogP contribution in [0.3, 0.4) is 0 Å². The lowest BCUT2D eigenvalue weighted by molar-refractivity contribution is 0.0238. The molecule has 6 heteroatoms. The topological polar surface area (TPSA) is 75.4 Å². The molecule has 22 heavy (non-hydrogen) atoms. The van der Waals surface area contributed by atoms with Crippen LogP contribution in [0.1, 0.15) is 52.8 Å². The Labute approximate surface area is 133 Å². The number of nitrogens with one attached hydrogen (secondary N) is 1. The summed E-state index contributed by atoms with van der Waals surface area (Å²) in [6.45, 7) is 3.72. The van der Waals surface area contributed by atoms with Gasteiger partial charge in [-0.25, -0.2) is 4.98 Å². The molecule has 1 saturated carbocycles. The summed E-state index contributed by atoms with van der Waals surface area (Å²) in [4.78, 5) is 17.9. The third-order valence-corrected chi connectivity index (χ3v) is 5.06. The van der Waals surface area contributed by atoms with Gasteiger partial charge in [0, 0.05) is 11.3 Å². The standard InChI is InChI=1S/C16H20N2O3S/c1-3-13-17-9(2)15(21-13)16(20)18-14(10-7-11(19)8-10)12-5-4-6-22-12/h4-6,10-11,14,19H,3,7-8H2,1-2H3,(H,18,20)/t10?,11?,14-/m1/s1. The van der Waals surface area contributed by atoms with Crippen LogP contribution in [0, 0.1) is 12.8 Å². The fraction of sp³-hybridized carbons (Fsp3) is 0.500. The van der Waals surface area contributed by atoms with Gasteiger partial charge in [0.25, 0.3) is 5.91 Å². The number of nitrogens with zero attached hydrogens (tertiary/aromatic N) is 1. The van der Waals surface area contributed by atoms with Gasteiger partial charge in [-0.05, 0) is 37.1 Å². The molecule has 0 saturated heterocycles. The molecule has 2 heterocycles. The molecule has 0 bridgehead atoms. The van der Waals surface area contributed by atoms with E-state index in [-0.39, 0.29) is 24.0 Å². The Morgan fingerprint density at radius 1 is 1.59 bits per heavy atom. The number of aliphatic hydroxyl groups is 1. The zero-order valence-electron chi connectivity index (χ0n) is 12.7. The van der Waals surface area contributed by atoms with Gasteiger partial charge in [0.2, 0.25) is 5.76 Å². The maximum atomic E-state index is 12.5. The van der Waals surface area contributed by atoms with Crippen LogP contribution < -0.4 is 5.32 Å². The van der Waals surface area contributed by atoms with Crippen molar-refractivity contribution in [2.24, 2.45) is 5.92 Å². The lowest BCUT2D eigenvalue weighted by atomic mass is 9.76. The summed E-state index contributed by atoms with van der Waals surface area (Å²) in [6.07, 6.45) is 1.86. The quantitative estimate of drug-likeness (QED) is 0.888. The van der Waals surface area contributed by atoms with E-state index in [0.717, 1.165) is 17.7 Å². The zero-order chi connectivity index (χ0) is 15.7. The highest BCUT2D eigenvalue weighted by Crippen LogP contribution is 2.39. The van der Waals surface area contributed by atoms with Crippen LogP contribution in [-0.4, -0.2) is 22.1 Å². The number of hydrogen-bond donors (Lipinski definition) is 2. The predicted molar refractivity (Wildman–Crippen MR) is 83.9 cm³/mol. The number of amides is 1. The Balaban J connectivity index is 1.78. The second-order valence-corrected chi connectivity index (χ2v) is 6.71. The number of oxazole rings is 1. The van der Waals surface area contributed by atoms with Gasteiger partial charge in [0.15, 0.2) is 5.89 Å². The van der Waals surface area contributed by atoms with Crippen LogP contribution in [0.4, 0.5) is 0 Å². The van der Waals surface area contributed by atoms with Crippen molar-refractivity contribution in [3.8, 4) is 0 Å². The van der Waals surface area contributed by atoms with Gasteiger partial charge in [-0.15, -0.1) is 11.3 Å². The second kappa shape index (κ2) is 6.22. The summed E-state index contributed by atoms with van der Waals surface area (Å²) in [5.74, 6) is 0.906. The summed E-state index contributed by atoms with van der Waals surface area (Å²) in [7, 11) is 0. The number of aromatic nitrogens is 1. The monoisotopic (exact) mass is 320 g/mol. The first kappa shape index (κ1) is 15.2. The number of aryl methyl sites for hydroxylation is 2. The van der Waals surface area contributed by atoms with E-state index in [4.69, 9.17) is 4.42 Å². The summed E-state index contributed by atoms with van der Waals surface area (Å²) >= 11 is 1.62. The Hall–Kier alpha value is -1.66.